The zero-order chi connectivity index (χ0) is 15.0. The number of hydrogen-bond donors (Lipinski definition) is 1. The van der Waals surface area contributed by atoms with Crippen LogP contribution in [-0.4, -0.2) is 9.55 Å². The van der Waals surface area contributed by atoms with Crippen molar-refractivity contribution in [1.29, 1.82) is 0 Å². The van der Waals surface area contributed by atoms with Crippen LogP contribution in [0.15, 0.2) is 42.5 Å². The quantitative estimate of drug-likeness (QED) is 0.789. The van der Waals surface area contributed by atoms with Crippen LogP contribution < -0.4 is 5.73 Å². The second kappa shape index (κ2) is 5.68. The molecule has 0 aliphatic carbocycles. The Kier molecular flexibility index (Phi) is 3.89. The summed E-state index contributed by atoms with van der Waals surface area (Å²) >= 11 is 12.2. The molecule has 0 spiro atoms. The summed E-state index contributed by atoms with van der Waals surface area (Å²) in [5.41, 5.74) is 9.20. The van der Waals surface area contributed by atoms with Crippen molar-refractivity contribution in [2.24, 2.45) is 12.8 Å². The minimum absolute atomic E-state index is 0.244. The molecule has 3 aromatic rings. The average molecular weight is 320 g/mol. The molecule has 0 fully saturated rings. The third kappa shape index (κ3) is 2.77. The maximum absolute atomic E-state index is 6.29. The van der Waals surface area contributed by atoms with Gasteiger partial charge in [-0.1, -0.05) is 35.3 Å². The fraction of sp³-hybridized carbons (Fsp3) is 0.188. The van der Waals surface area contributed by atoms with E-state index in [1.807, 2.05) is 37.4 Å². The average Bonchev–Trinajstić information content (AvgIpc) is 2.78. The number of imidazole rings is 1. The van der Waals surface area contributed by atoms with Crippen LogP contribution in [0.2, 0.25) is 10.0 Å². The number of halogens is 2. The number of nitrogens with zero attached hydrogens (tertiary/aromatic N) is 2. The van der Waals surface area contributed by atoms with Gasteiger partial charge in [0.05, 0.1) is 11.0 Å². The Morgan fingerprint density at radius 1 is 1.19 bits per heavy atom. The molecule has 1 atom stereocenters. The van der Waals surface area contributed by atoms with Crippen molar-refractivity contribution >= 4 is 34.2 Å². The van der Waals surface area contributed by atoms with E-state index in [1.165, 1.54) is 0 Å². The highest BCUT2D eigenvalue weighted by Crippen LogP contribution is 2.27. The number of hydrogen-bond acceptors (Lipinski definition) is 2. The summed E-state index contributed by atoms with van der Waals surface area (Å²) in [7, 11) is 2.00. The van der Waals surface area contributed by atoms with E-state index in [-0.39, 0.29) is 6.04 Å². The standard InChI is InChI=1S/C16H15Cl2N3/c1-21-15-5-3-2-4-14(15)20-16(21)9-13(19)11-8-10(17)6-7-12(11)18/h2-8,13H,9,19H2,1H3. The predicted octanol–water partition coefficient (Wildman–Crippen LogP) is 4.12. The molecule has 3 rings (SSSR count). The van der Waals surface area contributed by atoms with Gasteiger partial charge in [0, 0.05) is 29.6 Å². The lowest BCUT2D eigenvalue weighted by Gasteiger charge is -2.14. The van der Waals surface area contributed by atoms with Gasteiger partial charge >= 0.3 is 0 Å². The molecule has 21 heavy (non-hydrogen) atoms. The highest BCUT2D eigenvalue weighted by molar-refractivity contribution is 6.33. The molecule has 0 saturated heterocycles. The number of aryl methyl sites for hydroxylation is 1. The smallest absolute Gasteiger partial charge is 0.111 e. The summed E-state index contributed by atoms with van der Waals surface area (Å²) in [5, 5.41) is 1.26. The van der Waals surface area contributed by atoms with Gasteiger partial charge in [-0.3, -0.25) is 0 Å². The van der Waals surface area contributed by atoms with Gasteiger partial charge in [0.1, 0.15) is 5.82 Å². The van der Waals surface area contributed by atoms with Crippen molar-refractivity contribution in [3.05, 3.63) is 63.9 Å². The molecule has 0 bridgehead atoms. The zero-order valence-electron chi connectivity index (χ0n) is 11.6. The van der Waals surface area contributed by atoms with E-state index < -0.39 is 0 Å². The summed E-state index contributed by atoms with van der Waals surface area (Å²) in [4.78, 5) is 4.64. The van der Waals surface area contributed by atoms with E-state index in [2.05, 4.69) is 9.55 Å². The Balaban J connectivity index is 1.94. The van der Waals surface area contributed by atoms with Crippen LogP contribution in [0.4, 0.5) is 0 Å². The lowest BCUT2D eigenvalue weighted by atomic mass is 10.0. The van der Waals surface area contributed by atoms with Crippen LogP contribution in [0, 0.1) is 0 Å². The van der Waals surface area contributed by atoms with Crippen LogP contribution in [0.3, 0.4) is 0 Å². The number of fused-ring (bicyclic) bond motifs is 1. The van der Waals surface area contributed by atoms with E-state index in [4.69, 9.17) is 28.9 Å². The van der Waals surface area contributed by atoms with E-state index in [0.717, 1.165) is 22.4 Å². The zero-order valence-corrected chi connectivity index (χ0v) is 13.1. The van der Waals surface area contributed by atoms with E-state index >= 15 is 0 Å². The number of benzene rings is 2. The topological polar surface area (TPSA) is 43.8 Å². The minimum atomic E-state index is -0.244. The van der Waals surface area contributed by atoms with E-state index in [1.54, 1.807) is 12.1 Å². The molecule has 0 saturated carbocycles. The lowest BCUT2D eigenvalue weighted by molar-refractivity contribution is 0.665. The van der Waals surface area contributed by atoms with Crippen molar-refractivity contribution < 1.29 is 0 Å². The molecular weight excluding hydrogens is 305 g/mol. The molecule has 0 aliphatic rings. The van der Waals surface area contributed by atoms with Crippen molar-refractivity contribution in [2.45, 2.75) is 12.5 Å². The van der Waals surface area contributed by atoms with Gasteiger partial charge in [0.2, 0.25) is 0 Å². The first-order valence-electron chi connectivity index (χ1n) is 6.67. The first kappa shape index (κ1) is 14.4. The van der Waals surface area contributed by atoms with Crippen LogP contribution in [-0.2, 0) is 13.5 Å². The summed E-state index contributed by atoms with van der Waals surface area (Å²) in [6.07, 6.45) is 0.602. The normalized spacial score (nSPS) is 12.8. The van der Waals surface area contributed by atoms with Crippen molar-refractivity contribution in [3.63, 3.8) is 0 Å². The molecule has 0 aliphatic heterocycles. The molecule has 5 heteroatoms. The van der Waals surface area contributed by atoms with Gasteiger partial charge in [-0.2, -0.15) is 0 Å². The van der Waals surface area contributed by atoms with Gasteiger partial charge in [0.15, 0.2) is 0 Å². The molecule has 1 unspecified atom stereocenters. The monoisotopic (exact) mass is 319 g/mol. The lowest BCUT2D eigenvalue weighted by Crippen LogP contribution is -2.16. The SMILES string of the molecule is Cn1c(CC(N)c2cc(Cl)ccc2Cl)nc2ccccc21. The maximum Gasteiger partial charge on any atom is 0.111 e. The third-order valence-corrected chi connectivity index (χ3v) is 4.22. The number of rotatable bonds is 3. The first-order valence-corrected chi connectivity index (χ1v) is 7.42. The van der Waals surface area contributed by atoms with Crippen molar-refractivity contribution in [2.75, 3.05) is 0 Å². The van der Waals surface area contributed by atoms with Gasteiger partial charge in [-0.05, 0) is 35.9 Å². The molecule has 2 N–H and O–H groups in total. The van der Waals surface area contributed by atoms with Gasteiger partial charge < -0.3 is 10.3 Å². The van der Waals surface area contributed by atoms with Gasteiger partial charge in [-0.15, -0.1) is 0 Å². The van der Waals surface area contributed by atoms with Crippen LogP contribution in [0.1, 0.15) is 17.4 Å². The van der Waals surface area contributed by atoms with Crippen LogP contribution in [0.5, 0.6) is 0 Å². The highest BCUT2D eigenvalue weighted by atomic mass is 35.5. The fourth-order valence-corrected chi connectivity index (χ4v) is 2.92. The minimum Gasteiger partial charge on any atom is -0.331 e. The molecule has 0 amide bonds. The Morgan fingerprint density at radius 2 is 1.95 bits per heavy atom. The Morgan fingerprint density at radius 3 is 2.71 bits per heavy atom. The Hall–Kier alpha value is -1.55. The van der Waals surface area contributed by atoms with Gasteiger partial charge in [0.25, 0.3) is 0 Å². The third-order valence-electron chi connectivity index (χ3n) is 3.64. The van der Waals surface area contributed by atoms with Crippen LogP contribution in [0.25, 0.3) is 11.0 Å². The van der Waals surface area contributed by atoms with E-state index in [9.17, 15) is 0 Å². The summed E-state index contributed by atoms with van der Waals surface area (Å²) in [6, 6.07) is 13.1. The predicted molar refractivity (Wildman–Crippen MR) is 87.8 cm³/mol. The molecule has 1 heterocycles. The highest BCUT2D eigenvalue weighted by Gasteiger charge is 2.15. The summed E-state index contributed by atoms with van der Waals surface area (Å²) in [6.45, 7) is 0. The number of para-hydroxylation sites is 2. The largest absolute Gasteiger partial charge is 0.331 e. The molecule has 108 valence electrons. The molecule has 3 nitrogen and oxygen atoms in total. The fourth-order valence-electron chi connectivity index (χ4n) is 2.48. The summed E-state index contributed by atoms with van der Waals surface area (Å²) in [5.74, 6) is 0.930. The molecule has 1 aromatic heterocycles. The number of nitrogens with two attached hydrogens (primary N) is 1. The molecule has 2 aromatic carbocycles. The second-order valence-corrected chi connectivity index (χ2v) is 5.90. The van der Waals surface area contributed by atoms with Crippen molar-refractivity contribution in [1.82, 2.24) is 9.55 Å². The van der Waals surface area contributed by atoms with Gasteiger partial charge in [-0.25, -0.2) is 4.98 Å². The van der Waals surface area contributed by atoms with Crippen molar-refractivity contribution in [3.8, 4) is 0 Å². The maximum atomic E-state index is 6.29. The molecular formula is C16H15Cl2N3. The molecule has 0 radical (unpaired) electrons. The second-order valence-electron chi connectivity index (χ2n) is 5.05. The van der Waals surface area contributed by atoms with E-state index in [0.29, 0.717) is 16.5 Å². The first-order chi connectivity index (χ1) is 10.1. The summed E-state index contributed by atoms with van der Waals surface area (Å²) < 4.78 is 2.06. The van der Waals surface area contributed by atoms with Crippen LogP contribution >= 0.6 is 23.2 Å². The Bertz CT molecular complexity index is 795. The number of aromatic nitrogens is 2. The Labute approximate surface area is 133 Å².